The third-order valence-corrected chi connectivity index (χ3v) is 2.66. The number of nitrogens with zero attached hydrogens (tertiary/aromatic N) is 2. The van der Waals surface area contributed by atoms with Crippen molar-refractivity contribution in [3.8, 4) is 0 Å². The summed E-state index contributed by atoms with van der Waals surface area (Å²) in [6, 6.07) is 0. The van der Waals surface area contributed by atoms with Crippen LogP contribution in [0.4, 0.5) is 0 Å². The third-order valence-electron chi connectivity index (χ3n) is 2.66. The van der Waals surface area contributed by atoms with Crippen LogP contribution in [-0.2, 0) is 0 Å². The van der Waals surface area contributed by atoms with E-state index in [2.05, 4.69) is 34.5 Å². The average Bonchev–Trinajstić information content (AvgIpc) is 2.26. The van der Waals surface area contributed by atoms with E-state index in [9.17, 15) is 0 Å². The lowest BCUT2D eigenvalue weighted by Gasteiger charge is -2.34. The van der Waals surface area contributed by atoms with Gasteiger partial charge in [-0.1, -0.05) is 12.2 Å². The van der Waals surface area contributed by atoms with Crippen molar-refractivity contribution in [1.82, 2.24) is 15.3 Å². The van der Waals surface area contributed by atoms with Crippen molar-refractivity contribution in [2.75, 3.05) is 39.8 Å². The van der Waals surface area contributed by atoms with Gasteiger partial charge in [0.25, 0.3) is 0 Å². The molecule has 86 valence electrons. The molecule has 0 spiro atoms. The van der Waals surface area contributed by atoms with Crippen molar-refractivity contribution < 1.29 is 5.21 Å². The first-order valence-electron chi connectivity index (χ1n) is 5.41. The van der Waals surface area contributed by atoms with Crippen LogP contribution in [0, 0.1) is 0 Å². The topological polar surface area (TPSA) is 38.7 Å². The smallest absolute Gasteiger partial charge is 0.0392 e. The van der Waals surface area contributed by atoms with Crippen LogP contribution in [0.15, 0.2) is 23.9 Å². The molecule has 1 aliphatic heterocycles. The van der Waals surface area contributed by atoms with Crippen molar-refractivity contribution in [2.24, 2.45) is 0 Å². The van der Waals surface area contributed by atoms with Crippen molar-refractivity contribution >= 4 is 0 Å². The first-order valence-corrected chi connectivity index (χ1v) is 5.41. The Bertz CT molecular complexity index is 230. The molecule has 0 aliphatic carbocycles. The van der Waals surface area contributed by atoms with Crippen LogP contribution >= 0.6 is 0 Å². The van der Waals surface area contributed by atoms with E-state index < -0.39 is 0 Å². The molecule has 0 aromatic carbocycles. The zero-order valence-corrected chi connectivity index (χ0v) is 9.61. The fourth-order valence-corrected chi connectivity index (χ4v) is 1.68. The van der Waals surface area contributed by atoms with Gasteiger partial charge in [0, 0.05) is 38.4 Å². The van der Waals surface area contributed by atoms with Gasteiger partial charge in [0.2, 0.25) is 0 Å². The summed E-state index contributed by atoms with van der Waals surface area (Å²) in [7, 11) is 2.15. The molecule has 4 nitrogen and oxygen atoms in total. The fraction of sp³-hybridized carbons (Fsp3) is 0.636. The Morgan fingerprint density at radius 2 is 2.00 bits per heavy atom. The SMILES string of the molecule is C/C=C(\C=C/CNO)N1CCN(C)CC1. The quantitative estimate of drug-likeness (QED) is 0.529. The Labute approximate surface area is 91.8 Å². The molecule has 0 amide bonds. The minimum atomic E-state index is 0.491. The van der Waals surface area contributed by atoms with E-state index in [4.69, 9.17) is 5.21 Å². The van der Waals surface area contributed by atoms with Gasteiger partial charge >= 0.3 is 0 Å². The molecule has 15 heavy (non-hydrogen) atoms. The van der Waals surface area contributed by atoms with Crippen molar-refractivity contribution in [3.05, 3.63) is 23.9 Å². The maximum atomic E-state index is 8.46. The highest BCUT2D eigenvalue weighted by molar-refractivity contribution is 5.17. The maximum Gasteiger partial charge on any atom is 0.0392 e. The largest absolute Gasteiger partial charge is 0.369 e. The standard InChI is InChI=1S/C11H21N3O/c1-3-11(5-4-6-12-15)14-9-7-13(2)8-10-14/h3-5,12,15H,6-10H2,1-2H3/b5-4-,11-3+. The van der Waals surface area contributed by atoms with Gasteiger partial charge in [-0.3, -0.25) is 0 Å². The first kappa shape index (κ1) is 12.2. The monoisotopic (exact) mass is 211 g/mol. The second-order valence-electron chi connectivity index (χ2n) is 3.77. The van der Waals surface area contributed by atoms with Crippen LogP contribution < -0.4 is 5.48 Å². The summed E-state index contributed by atoms with van der Waals surface area (Å²) in [5.74, 6) is 0. The Morgan fingerprint density at radius 3 is 2.53 bits per heavy atom. The third kappa shape index (κ3) is 4.03. The summed E-state index contributed by atoms with van der Waals surface area (Å²) in [6.07, 6.45) is 6.08. The van der Waals surface area contributed by atoms with Gasteiger partial charge in [-0.15, -0.1) is 0 Å². The minimum absolute atomic E-state index is 0.491. The van der Waals surface area contributed by atoms with E-state index in [0.717, 1.165) is 26.2 Å². The second kappa shape index (κ2) is 6.61. The summed E-state index contributed by atoms with van der Waals surface area (Å²) < 4.78 is 0. The van der Waals surface area contributed by atoms with Gasteiger partial charge in [-0.05, 0) is 20.0 Å². The van der Waals surface area contributed by atoms with Gasteiger partial charge < -0.3 is 15.0 Å². The lowest BCUT2D eigenvalue weighted by atomic mass is 10.2. The van der Waals surface area contributed by atoms with Crippen LogP contribution in [0.2, 0.25) is 0 Å². The number of hydroxylamine groups is 1. The van der Waals surface area contributed by atoms with Crippen LogP contribution in [0.3, 0.4) is 0 Å². The molecule has 1 heterocycles. The van der Waals surface area contributed by atoms with Gasteiger partial charge in [-0.2, -0.15) is 0 Å². The van der Waals surface area contributed by atoms with E-state index in [1.54, 1.807) is 0 Å². The van der Waals surface area contributed by atoms with Crippen molar-refractivity contribution in [3.63, 3.8) is 0 Å². The zero-order valence-electron chi connectivity index (χ0n) is 9.61. The predicted octanol–water partition coefficient (Wildman–Crippen LogP) is 0.673. The molecule has 1 saturated heterocycles. The highest BCUT2D eigenvalue weighted by Gasteiger charge is 2.13. The number of hydrogen-bond acceptors (Lipinski definition) is 4. The lowest BCUT2D eigenvalue weighted by molar-refractivity contribution is 0.179. The van der Waals surface area contributed by atoms with E-state index >= 15 is 0 Å². The van der Waals surface area contributed by atoms with Crippen LogP contribution in [-0.4, -0.2) is 54.8 Å². The van der Waals surface area contributed by atoms with Gasteiger partial charge in [0.1, 0.15) is 0 Å². The summed E-state index contributed by atoms with van der Waals surface area (Å²) >= 11 is 0. The van der Waals surface area contributed by atoms with Crippen molar-refractivity contribution in [1.29, 1.82) is 0 Å². The highest BCUT2D eigenvalue weighted by atomic mass is 16.5. The molecular weight excluding hydrogens is 190 g/mol. The Hall–Kier alpha value is -0.840. The Kier molecular flexibility index (Phi) is 5.39. The number of rotatable bonds is 4. The van der Waals surface area contributed by atoms with Gasteiger partial charge in [0.15, 0.2) is 0 Å². The Balaban J connectivity index is 2.45. The summed E-state index contributed by atoms with van der Waals surface area (Å²) in [5.41, 5.74) is 3.35. The molecule has 2 N–H and O–H groups in total. The van der Waals surface area contributed by atoms with E-state index in [1.807, 2.05) is 13.0 Å². The molecule has 0 bridgehead atoms. The van der Waals surface area contributed by atoms with Gasteiger partial charge in [-0.25, -0.2) is 5.48 Å². The zero-order chi connectivity index (χ0) is 11.1. The van der Waals surface area contributed by atoms with Crippen LogP contribution in [0.1, 0.15) is 6.92 Å². The molecule has 0 radical (unpaired) electrons. The lowest BCUT2D eigenvalue weighted by Crippen LogP contribution is -2.43. The molecule has 0 aromatic heterocycles. The average molecular weight is 211 g/mol. The summed E-state index contributed by atoms with van der Waals surface area (Å²) in [5, 5.41) is 8.46. The molecule has 1 rings (SSSR count). The number of likely N-dealkylation sites (N-methyl/N-ethyl adjacent to an activating group) is 1. The van der Waals surface area contributed by atoms with Crippen molar-refractivity contribution in [2.45, 2.75) is 6.92 Å². The molecule has 1 fully saturated rings. The molecular formula is C11H21N3O. The first-order chi connectivity index (χ1) is 7.27. The normalized spacial score (nSPS) is 20.2. The Morgan fingerprint density at radius 1 is 1.33 bits per heavy atom. The molecule has 0 aromatic rings. The molecule has 0 atom stereocenters. The molecule has 4 heteroatoms. The maximum absolute atomic E-state index is 8.46. The molecule has 1 aliphatic rings. The molecule has 0 saturated carbocycles. The summed E-state index contributed by atoms with van der Waals surface area (Å²) in [4.78, 5) is 4.71. The number of nitrogens with one attached hydrogen (secondary N) is 1. The predicted molar refractivity (Wildman–Crippen MR) is 61.8 cm³/mol. The van der Waals surface area contributed by atoms with E-state index in [1.165, 1.54) is 5.70 Å². The van der Waals surface area contributed by atoms with Gasteiger partial charge in [0.05, 0.1) is 0 Å². The molecule has 0 unspecified atom stereocenters. The van der Waals surface area contributed by atoms with E-state index in [0.29, 0.717) is 6.54 Å². The number of allylic oxidation sites excluding steroid dienone is 2. The highest BCUT2D eigenvalue weighted by Crippen LogP contribution is 2.09. The summed E-state index contributed by atoms with van der Waals surface area (Å²) in [6.45, 7) is 6.92. The number of piperazine rings is 1. The second-order valence-corrected chi connectivity index (χ2v) is 3.77. The number of hydrogen-bond donors (Lipinski definition) is 2. The van der Waals surface area contributed by atoms with E-state index in [-0.39, 0.29) is 0 Å². The fourth-order valence-electron chi connectivity index (χ4n) is 1.68. The van der Waals surface area contributed by atoms with Crippen LogP contribution in [0.5, 0.6) is 0 Å². The minimum Gasteiger partial charge on any atom is -0.369 e. The van der Waals surface area contributed by atoms with Crippen LogP contribution in [0.25, 0.3) is 0 Å².